The molecule has 0 fully saturated rings. The molecule has 2 N–H and O–H groups in total. The van der Waals surface area contributed by atoms with Gasteiger partial charge in [-0.3, -0.25) is 0 Å². The third kappa shape index (κ3) is 4.63. The van der Waals surface area contributed by atoms with Crippen molar-refractivity contribution in [1.82, 2.24) is 0 Å². The average Bonchev–Trinajstić information content (AvgIpc) is 2.55. The summed E-state index contributed by atoms with van der Waals surface area (Å²) in [5.74, 6) is -1.11. The Morgan fingerprint density at radius 3 is 2.50 bits per heavy atom. The van der Waals surface area contributed by atoms with Crippen LogP contribution in [0.2, 0.25) is 5.02 Å². The first-order chi connectivity index (χ1) is 11.4. The first-order valence-corrected chi connectivity index (χ1v) is 7.99. The second-order valence-corrected chi connectivity index (χ2v) is 6.16. The van der Waals surface area contributed by atoms with Crippen LogP contribution in [0.15, 0.2) is 36.4 Å². The summed E-state index contributed by atoms with van der Waals surface area (Å²) in [5.41, 5.74) is 1.28. The van der Waals surface area contributed by atoms with Crippen LogP contribution in [0.4, 0.5) is 8.78 Å². The second-order valence-electron chi connectivity index (χ2n) is 5.75. The molecule has 24 heavy (non-hydrogen) atoms. The van der Waals surface area contributed by atoms with Gasteiger partial charge in [0.2, 0.25) is 0 Å². The fourth-order valence-electron chi connectivity index (χ4n) is 2.35. The van der Waals surface area contributed by atoms with Crippen LogP contribution in [0.3, 0.4) is 0 Å². The van der Waals surface area contributed by atoms with Crippen molar-refractivity contribution < 1.29 is 19.0 Å². The van der Waals surface area contributed by atoms with E-state index in [-0.39, 0.29) is 23.1 Å². The summed E-state index contributed by atoms with van der Waals surface area (Å²) >= 11 is 5.94. The van der Waals surface area contributed by atoms with Crippen molar-refractivity contribution in [2.45, 2.75) is 19.4 Å². The van der Waals surface area contributed by atoms with E-state index in [4.69, 9.17) is 16.7 Å². The third-order valence-corrected chi connectivity index (χ3v) is 4.23. The van der Waals surface area contributed by atoms with Gasteiger partial charge in [0.15, 0.2) is 0 Å². The molecule has 5 heteroatoms. The van der Waals surface area contributed by atoms with Gasteiger partial charge >= 0.3 is 0 Å². The van der Waals surface area contributed by atoms with Crippen molar-refractivity contribution in [3.63, 3.8) is 0 Å². The standard InChI is InChI=1S/C19H19ClF2O2/c1-12(19(24)11-23)9-14-7-5-13(10-18(14)22)6-8-15-16(20)3-2-4-17(15)21/h2-8,10,12,19,23-24H,9,11H2,1H3/b8-6+/t12-,19-/m0/s1. The minimum absolute atomic E-state index is 0.253. The molecule has 0 aliphatic carbocycles. The zero-order valence-corrected chi connectivity index (χ0v) is 14.0. The van der Waals surface area contributed by atoms with Crippen LogP contribution in [0, 0.1) is 17.6 Å². The molecule has 0 heterocycles. The lowest BCUT2D eigenvalue weighted by molar-refractivity contribution is 0.0532. The van der Waals surface area contributed by atoms with E-state index in [0.717, 1.165) is 0 Å². The van der Waals surface area contributed by atoms with E-state index < -0.39 is 17.7 Å². The van der Waals surface area contributed by atoms with E-state index in [0.29, 0.717) is 17.5 Å². The lowest BCUT2D eigenvalue weighted by atomic mass is 9.95. The van der Waals surface area contributed by atoms with Gasteiger partial charge in [-0.05, 0) is 47.7 Å². The first-order valence-electron chi connectivity index (χ1n) is 7.61. The summed E-state index contributed by atoms with van der Waals surface area (Å²) in [6.45, 7) is 1.39. The Morgan fingerprint density at radius 2 is 1.88 bits per heavy atom. The van der Waals surface area contributed by atoms with Gasteiger partial charge in [-0.2, -0.15) is 0 Å². The van der Waals surface area contributed by atoms with Crippen LogP contribution in [0.1, 0.15) is 23.6 Å². The summed E-state index contributed by atoms with van der Waals surface area (Å²) in [4.78, 5) is 0. The molecule has 0 radical (unpaired) electrons. The first kappa shape index (κ1) is 18.6. The van der Waals surface area contributed by atoms with Crippen molar-refractivity contribution in [3.8, 4) is 0 Å². The highest BCUT2D eigenvalue weighted by Gasteiger charge is 2.15. The molecule has 0 spiro atoms. The number of hydrogen-bond donors (Lipinski definition) is 2. The molecule has 0 saturated carbocycles. The Hall–Kier alpha value is -1.75. The number of aliphatic hydroxyl groups is 2. The predicted octanol–water partition coefficient (Wildman–Crippen LogP) is 4.32. The Balaban J connectivity index is 2.16. The number of aliphatic hydroxyl groups excluding tert-OH is 2. The predicted molar refractivity (Wildman–Crippen MR) is 92.7 cm³/mol. The highest BCUT2D eigenvalue weighted by Crippen LogP contribution is 2.22. The molecule has 2 nitrogen and oxygen atoms in total. The van der Waals surface area contributed by atoms with Crippen LogP contribution >= 0.6 is 11.6 Å². The van der Waals surface area contributed by atoms with E-state index in [1.807, 2.05) is 0 Å². The Morgan fingerprint density at radius 1 is 1.12 bits per heavy atom. The summed E-state index contributed by atoms with van der Waals surface area (Å²) < 4.78 is 27.9. The second kappa shape index (κ2) is 8.38. The molecular weight excluding hydrogens is 334 g/mol. The largest absolute Gasteiger partial charge is 0.394 e. The Kier molecular flexibility index (Phi) is 6.49. The highest BCUT2D eigenvalue weighted by molar-refractivity contribution is 6.32. The van der Waals surface area contributed by atoms with Crippen molar-refractivity contribution in [3.05, 3.63) is 69.7 Å². The normalized spacial score (nSPS) is 14.1. The van der Waals surface area contributed by atoms with E-state index >= 15 is 0 Å². The molecule has 0 aliphatic rings. The molecule has 0 aliphatic heterocycles. The van der Waals surface area contributed by atoms with E-state index in [1.165, 1.54) is 24.3 Å². The molecule has 0 unspecified atom stereocenters. The topological polar surface area (TPSA) is 40.5 Å². The SMILES string of the molecule is C[C@@H](Cc1ccc(/C=C/c2c(F)cccc2Cl)cc1F)[C@@H](O)CO. The number of rotatable bonds is 6. The minimum atomic E-state index is -0.882. The zero-order chi connectivity index (χ0) is 17.7. The van der Waals surface area contributed by atoms with Gasteiger partial charge in [0, 0.05) is 5.56 Å². The molecule has 0 bridgehead atoms. The van der Waals surface area contributed by atoms with Crippen molar-refractivity contribution in [2.75, 3.05) is 6.61 Å². The molecule has 2 rings (SSSR count). The molecular formula is C19H19ClF2O2. The maximum absolute atomic E-state index is 14.2. The summed E-state index contributed by atoms with van der Waals surface area (Å²) in [5, 5.41) is 18.8. The highest BCUT2D eigenvalue weighted by atomic mass is 35.5. The maximum Gasteiger partial charge on any atom is 0.131 e. The average molecular weight is 353 g/mol. The summed E-state index contributed by atoms with van der Waals surface area (Å²) in [6.07, 6.45) is 2.52. The molecule has 2 aromatic rings. The lowest BCUT2D eigenvalue weighted by Crippen LogP contribution is -2.23. The minimum Gasteiger partial charge on any atom is -0.394 e. The van der Waals surface area contributed by atoms with Gasteiger partial charge in [-0.1, -0.05) is 42.8 Å². The Labute approximate surface area is 145 Å². The molecule has 0 amide bonds. The molecule has 0 saturated heterocycles. The monoisotopic (exact) mass is 352 g/mol. The summed E-state index contributed by atoms with van der Waals surface area (Å²) in [7, 11) is 0. The van der Waals surface area contributed by atoms with Gasteiger partial charge in [-0.15, -0.1) is 0 Å². The lowest BCUT2D eigenvalue weighted by Gasteiger charge is -2.17. The van der Waals surface area contributed by atoms with Crippen molar-refractivity contribution >= 4 is 23.8 Å². The van der Waals surface area contributed by atoms with Crippen molar-refractivity contribution in [1.29, 1.82) is 0 Å². The van der Waals surface area contributed by atoms with E-state index in [2.05, 4.69) is 0 Å². The number of benzene rings is 2. The third-order valence-electron chi connectivity index (χ3n) is 3.91. The van der Waals surface area contributed by atoms with Gasteiger partial charge in [0.1, 0.15) is 11.6 Å². The van der Waals surface area contributed by atoms with Crippen molar-refractivity contribution in [2.24, 2.45) is 5.92 Å². The molecule has 2 atom stereocenters. The molecule has 128 valence electrons. The van der Waals surface area contributed by atoms with E-state index in [9.17, 15) is 13.9 Å². The van der Waals surface area contributed by atoms with Gasteiger partial charge in [-0.25, -0.2) is 8.78 Å². The van der Waals surface area contributed by atoms with Gasteiger partial charge in [0.25, 0.3) is 0 Å². The fraction of sp³-hybridized carbons (Fsp3) is 0.263. The maximum atomic E-state index is 14.2. The summed E-state index contributed by atoms with van der Waals surface area (Å²) in [6, 6.07) is 9.09. The zero-order valence-electron chi connectivity index (χ0n) is 13.2. The molecule has 0 aromatic heterocycles. The fourth-order valence-corrected chi connectivity index (χ4v) is 2.57. The van der Waals surface area contributed by atoms with Crippen LogP contribution in [-0.4, -0.2) is 22.9 Å². The Bertz CT molecular complexity index is 711. The van der Waals surface area contributed by atoms with Crippen LogP contribution in [0.25, 0.3) is 12.2 Å². The number of halogens is 3. The quantitative estimate of drug-likeness (QED) is 0.760. The van der Waals surface area contributed by atoms with Crippen LogP contribution in [0.5, 0.6) is 0 Å². The van der Waals surface area contributed by atoms with E-state index in [1.54, 1.807) is 31.2 Å². The number of hydrogen-bond acceptors (Lipinski definition) is 2. The van der Waals surface area contributed by atoms with Crippen LogP contribution in [-0.2, 0) is 6.42 Å². The molecule has 2 aromatic carbocycles. The smallest absolute Gasteiger partial charge is 0.131 e. The van der Waals surface area contributed by atoms with Gasteiger partial charge in [0.05, 0.1) is 17.7 Å². The van der Waals surface area contributed by atoms with Crippen LogP contribution < -0.4 is 0 Å². The van der Waals surface area contributed by atoms with Gasteiger partial charge < -0.3 is 10.2 Å².